The summed E-state index contributed by atoms with van der Waals surface area (Å²) in [4.78, 5) is 32.0. The van der Waals surface area contributed by atoms with E-state index in [0.717, 1.165) is 29.7 Å². The monoisotopic (exact) mass is 482 g/mol. The second kappa shape index (κ2) is 10.5. The molecule has 0 spiro atoms. The van der Waals surface area contributed by atoms with Crippen molar-refractivity contribution < 1.29 is 14.3 Å². The third kappa shape index (κ3) is 5.31. The Morgan fingerprint density at radius 2 is 2.00 bits per heavy atom. The summed E-state index contributed by atoms with van der Waals surface area (Å²) in [6.07, 6.45) is 1.64. The fraction of sp³-hybridized carbons (Fsp3) is 0.385. The van der Waals surface area contributed by atoms with E-state index in [1.54, 1.807) is 16.2 Å². The van der Waals surface area contributed by atoms with Crippen LogP contribution in [0, 0.1) is 13.8 Å². The van der Waals surface area contributed by atoms with Gasteiger partial charge in [-0.05, 0) is 66.8 Å². The summed E-state index contributed by atoms with van der Waals surface area (Å²) in [7, 11) is 0. The Kier molecular flexibility index (Phi) is 7.50. The molecule has 174 valence electrons. The van der Waals surface area contributed by atoms with Gasteiger partial charge >= 0.3 is 0 Å². The van der Waals surface area contributed by atoms with Gasteiger partial charge < -0.3 is 14.5 Å². The van der Waals surface area contributed by atoms with Crippen LogP contribution in [0.3, 0.4) is 0 Å². The van der Waals surface area contributed by atoms with Gasteiger partial charge in [-0.2, -0.15) is 0 Å². The molecule has 0 fully saturated rings. The van der Waals surface area contributed by atoms with Crippen molar-refractivity contribution in [1.82, 2.24) is 9.80 Å². The van der Waals surface area contributed by atoms with E-state index in [-0.39, 0.29) is 24.4 Å². The van der Waals surface area contributed by atoms with Gasteiger partial charge in [0, 0.05) is 18.0 Å². The van der Waals surface area contributed by atoms with Crippen molar-refractivity contribution in [3.8, 4) is 5.75 Å². The van der Waals surface area contributed by atoms with Crippen molar-refractivity contribution in [3.05, 3.63) is 73.6 Å². The maximum Gasteiger partial charge on any atom is 0.264 e. The van der Waals surface area contributed by atoms with Crippen molar-refractivity contribution in [1.29, 1.82) is 0 Å². The lowest BCUT2D eigenvalue weighted by Crippen LogP contribution is -2.48. The summed E-state index contributed by atoms with van der Waals surface area (Å²) in [5.41, 5.74) is 3.45. The summed E-state index contributed by atoms with van der Waals surface area (Å²) >= 11 is 3.15. The number of rotatable bonds is 8. The lowest BCUT2D eigenvalue weighted by atomic mass is 10.00. The van der Waals surface area contributed by atoms with Crippen LogP contribution in [0.15, 0.2) is 47.2 Å². The Bertz CT molecular complexity index is 1110. The molecule has 0 radical (unpaired) electrons. The molecule has 1 aliphatic rings. The topological polar surface area (TPSA) is 49.9 Å². The SMILES string of the molecule is CCCN(CC(=O)N1CCc2sccc2[C@@H]1COc1ccc(C)cc1C)C(=O)c1cccs1. The average molecular weight is 483 g/mol. The Balaban J connectivity index is 1.52. The molecule has 1 aromatic carbocycles. The molecule has 1 atom stereocenters. The molecule has 4 rings (SSSR count). The largest absolute Gasteiger partial charge is 0.491 e. The third-order valence-electron chi connectivity index (χ3n) is 5.98. The number of hydrogen-bond acceptors (Lipinski definition) is 5. The van der Waals surface area contributed by atoms with Gasteiger partial charge in [-0.15, -0.1) is 22.7 Å². The Morgan fingerprint density at radius 3 is 2.73 bits per heavy atom. The number of thiophene rings is 2. The molecule has 0 unspecified atom stereocenters. The van der Waals surface area contributed by atoms with Crippen LogP contribution in [0.5, 0.6) is 5.75 Å². The van der Waals surface area contributed by atoms with E-state index in [0.29, 0.717) is 24.6 Å². The number of benzene rings is 1. The predicted molar refractivity (Wildman–Crippen MR) is 134 cm³/mol. The molecule has 3 aromatic rings. The minimum absolute atomic E-state index is 0.0283. The lowest BCUT2D eigenvalue weighted by Gasteiger charge is -2.37. The Morgan fingerprint density at radius 1 is 1.15 bits per heavy atom. The lowest BCUT2D eigenvalue weighted by molar-refractivity contribution is -0.135. The van der Waals surface area contributed by atoms with Gasteiger partial charge in [-0.1, -0.05) is 30.7 Å². The minimum atomic E-state index is -0.159. The van der Waals surface area contributed by atoms with Crippen LogP contribution in [-0.2, 0) is 11.2 Å². The fourth-order valence-corrected chi connectivity index (χ4v) is 5.96. The zero-order valence-corrected chi connectivity index (χ0v) is 21.0. The molecule has 0 saturated carbocycles. The molecular formula is C26H30N2O3S2. The molecule has 2 amide bonds. The zero-order valence-electron chi connectivity index (χ0n) is 19.4. The molecule has 5 nitrogen and oxygen atoms in total. The molecular weight excluding hydrogens is 452 g/mol. The van der Waals surface area contributed by atoms with Crippen LogP contribution in [0.25, 0.3) is 0 Å². The average Bonchev–Trinajstić information content (AvgIpc) is 3.49. The minimum Gasteiger partial charge on any atom is -0.491 e. The quantitative estimate of drug-likeness (QED) is 0.427. The van der Waals surface area contributed by atoms with Gasteiger partial charge in [0.25, 0.3) is 5.91 Å². The molecule has 2 aromatic heterocycles. The molecule has 0 bridgehead atoms. The van der Waals surface area contributed by atoms with Crippen LogP contribution in [0.4, 0.5) is 0 Å². The summed E-state index contributed by atoms with van der Waals surface area (Å²) in [5, 5.41) is 3.98. The van der Waals surface area contributed by atoms with Gasteiger partial charge in [0.1, 0.15) is 18.9 Å². The number of hydrogen-bond donors (Lipinski definition) is 0. The van der Waals surface area contributed by atoms with E-state index in [4.69, 9.17) is 4.74 Å². The van der Waals surface area contributed by atoms with Crippen molar-refractivity contribution in [2.75, 3.05) is 26.2 Å². The number of nitrogens with zero attached hydrogens (tertiary/aromatic N) is 2. The first-order valence-corrected chi connectivity index (χ1v) is 13.1. The van der Waals surface area contributed by atoms with Crippen molar-refractivity contribution in [2.24, 2.45) is 0 Å². The molecule has 0 N–H and O–H groups in total. The Hall–Kier alpha value is -2.64. The van der Waals surface area contributed by atoms with E-state index in [1.165, 1.54) is 21.8 Å². The molecule has 0 saturated heterocycles. The van der Waals surface area contributed by atoms with Gasteiger partial charge in [0.05, 0.1) is 10.9 Å². The van der Waals surface area contributed by atoms with Crippen LogP contribution in [0.1, 0.15) is 50.6 Å². The molecule has 0 aliphatic carbocycles. The van der Waals surface area contributed by atoms with E-state index in [9.17, 15) is 9.59 Å². The summed E-state index contributed by atoms with van der Waals surface area (Å²) in [5.74, 6) is 0.742. The van der Waals surface area contributed by atoms with Crippen molar-refractivity contribution in [3.63, 3.8) is 0 Å². The van der Waals surface area contributed by atoms with Gasteiger partial charge in [0.15, 0.2) is 0 Å². The van der Waals surface area contributed by atoms with Gasteiger partial charge in [-0.3, -0.25) is 9.59 Å². The molecule has 3 heterocycles. The van der Waals surface area contributed by atoms with Crippen molar-refractivity contribution in [2.45, 2.75) is 39.7 Å². The summed E-state index contributed by atoms with van der Waals surface area (Å²) in [6, 6.07) is 11.8. The highest BCUT2D eigenvalue weighted by molar-refractivity contribution is 7.12. The number of aryl methyl sites for hydroxylation is 2. The smallest absolute Gasteiger partial charge is 0.264 e. The van der Waals surface area contributed by atoms with E-state index < -0.39 is 0 Å². The zero-order chi connectivity index (χ0) is 23.4. The van der Waals surface area contributed by atoms with Gasteiger partial charge in [0.2, 0.25) is 5.91 Å². The van der Waals surface area contributed by atoms with E-state index in [1.807, 2.05) is 48.4 Å². The summed E-state index contributed by atoms with van der Waals surface area (Å²) < 4.78 is 6.23. The predicted octanol–water partition coefficient (Wildman–Crippen LogP) is 5.48. The molecule has 1 aliphatic heterocycles. The van der Waals surface area contributed by atoms with Crippen LogP contribution in [-0.4, -0.2) is 47.9 Å². The highest BCUT2D eigenvalue weighted by Crippen LogP contribution is 2.34. The first-order valence-electron chi connectivity index (χ1n) is 11.4. The second-order valence-corrected chi connectivity index (χ2v) is 10.4. The normalized spacial score (nSPS) is 15.2. The fourth-order valence-electron chi connectivity index (χ4n) is 4.34. The highest BCUT2D eigenvalue weighted by Gasteiger charge is 2.33. The van der Waals surface area contributed by atoms with Crippen LogP contribution < -0.4 is 4.74 Å². The summed E-state index contributed by atoms with van der Waals surface area (Å²) in [6.45, 7) is 7.81. The first kappa shape index (κ1) is 23.5. The maximum absolute atomic E-state index is 13.5. The van der Waals surface area contributed by atoms with Gasteiger partial charge in [-0.25, -0.2) is 0 Å². The van der Waals surface area contributed by atoms with Crippen LogP contribution >= 0.6 is 22.7 Å². The third-order valence-corrected chi connectivity index (χ3v) is 7.84. The number of fused-ring (bicyclic) bond motifs is 1. The molecule has 7 heteroatoms. The molecule has 33 heavy (non-hydrogen) atoms. The Labute approximate surface area is 203 Å². The first-order chi connectivity index (χ1) is 16.0. The number of amides is 2. The maximum atomic E-state index is 13.5. The number of ether oxygens (including phenoxy) is 1. The second-order valence-electron chi connectivity index (χ2n) is 8.44. The van der Waals surface area contributed by atoms with E-state index in [2.05, 4.69) is 24.4 Å². The highest BCUT2D eigenvalue weighted by atomic mass is 32.1. The number of carbonyl (C=O) groups is 2. The standard InChI is InChI=1S/C26H30N2O3S2/c1-4-11-27(26(30)24-6-5-13-32-24)16-25(29)28-12-9-23-20(10-14-33-23)21(28)17-31-22-8-7-18(2)15-19(22)3/h5-8,10,13-15,21H,4,9,11-12,16-17H2,1-3H3/t21-/m0/s1. The van der Waals surface area contributed by atoms with E-state index >= 15 is 0 Å². The van der Waals surface area contributed by atoms with Crippen LogP contribution in [0.2, 0.25) is 0 Å². The number of carbonyl (C=O) groups excluding carboxylic acids is 2. The van der Waals surface area contributed by atoms with Crippen molar-refractivity contribution >= 4 is 34.5 Å².